The van der Waals surface area contributed by atoms with E-state index in [9.17, 15) is 14.7 Å². The Morgan fingerprint density at radius 1 is 1.18 bits per heavy atom. The summed E-state index contributed by atoms with van der Waals surface area (Å²) in [5.74, 6) is -0.110. The van der Waals surface area contributed by atoms with E-state index in [1.165, 1.54) is 14.2 Å². The molecule has 7 heteroatoms. The van der Waals surface area contributed by atoms with Gasteiger partial charge in [0, 0.05) is 23.8 Å². The molecule has 1 fully saturated rings. The van der Waals surface area contributed by atoms with Crippen molar-refractivity contribution in [2.24, 2.45) is 0 Å². The Kier molecular flexibility index (Phi) is 4.14. The smallest absolute Gasteiger partial charge is 0.348 e. The van der Waals surface area contributed by atoms with E-state index in [0.717, 1.165) is 11.1 Å². The summed E-state index contributed by atoms with van der Waals surface area (Å²) >= 11 is 0. The van der Waals surface area contributed by atoms with Crippen LogP contribution in [0.4, 0.5) is 0 Å². The van der Waals surface area contributed by atoms with Crippen molar-refractivity contribution in [2.75, 3.05) is 20.8 Å². The van der Waals surface area contributed by atoms with Crippen molar-refractivity contribution in [3.05, 3.63) is 41.0 Å². The van der Waals surface area contributed by atoms with Crippen molar-refractivity contribution >= 4 is 11.9 Å². The van der Waals surface area contributed by atoms with Gasteiger partial charge in [-0.15, -0.1) is 0 Å². The maximum Gasteiger partial charge on any atom is 0.348 e. The molecule has 1 aromatic rings. The number of carboxylic acids is 1. The minimum atomic E-state index is -1.24. The summed E-state index contributed by atoms with van der Waals surface area (Å²) in [5, 5.41) is 9.60. The van der Waals surface area contributed by atoms with Crippen LogP contribution in [0.2, 0.25) is 0 Å². The summed E-state index contributed by atoms with van der Waals surface area (Å²) in [7, 11) is 3.02. The molecule has 1 saturated carbocycles. The fourth-order valence-electron chi connectivity index (χ4n) is 3.86. The Hall–Kier alpha value is -2.96. The van der Waals surface area contributed by atoms with Gasteiger partial charge in [-0.25, -0.2) is 9.59 Å². The van der Waals surface area contributed by atoms with Crippen LogP contribution in [-0.2, 0) is 19.7 Å². The van der Waals surface area contributed by atoms with Crippen molar-refractivity contribution in [3.8, 4) is 17.2 Å². The highest BCUT2D eigenvalue weighted by molar-refractivity contribution is 5.95. The molecule has 1 atom stereocenters. The van der Waals surface area contributed by atoms with Gasteiger partial charge in [0.05, 0.1) is 19.8 Å². The number of allylic oxidation sites excluding steroid dienone is 1. The number of benzene rings is 1. The van der Waals surface area contributed by atoms with E-state index in [2.05, 4.69) is 0 Å². The fourth-order valence-corrected chi connectivity index (χ4v) is 3.86. The van der Waals surface area contributed by atoms with E-state index in [-0.39, 0.29) is 12.6 Å². The summed E-state index contributed by atoms with van der Waals surface area (Å²) in [6.07, 6.45) is 5.15. The number of carboxylic acid groups (broad SMARTS) is 1. The molecule has 1 aliphatic heterocycles. The summed E-state index contributed by atoms with van der Waals surface area (Å²) in [6, 6.07) is 3.64. The molecule has 0 amide bonds. The molecule has 28 heavy (non-hydrogen) atoms. The van der Waals surface area contributed by atoms with Gasteiger partial charge in [-0.3, -0.25) is 0 Å². The normalized spacial score (nSPS) is 24.5. The van der Waals surface area contributed by atoms with Crippen molar-refractivity contribution in [2.45, 2.75) is 37.2 Å². The Morgan fingerprint density at radius 3 is 2.54 bits per heavy atom. The first-order valence-electron chi connectivity index (χ1n) is 9.10. The van der Waals surface area contributed by atoms with Gasteiger partial charge in [0.25, 0.3) is 0 Å². The third kappa shape index (κ3) is 2.73. The second kappa shape index (κ2) is 6.29. The number of carbonyl (C=O) groups excluding carboxylic acids is 1. The number of carbonyl (C=O) groups is 2. The SMILES string of the molecule is COc1ccc(C2(C)C=CC3=C(COC3=O)C2)c(OC2(C(=O)O)CC2)c1OC. The van der Waals surface area contributed by atoms with Gasteiger partial charge in [-0.05, 0) is 18.1 Å². The molecule has 0 bridgehead atoms. The zero-order valence-electron chi connectivity index (χ0n) is 16.0. The second-order valence-electron chi connectivity index (χ2n) is 7.60. The lowest BCUT2D eigenvalue weighted by Crippen LogP contribution is -2.31. The van der Waals surface area contributed by atoms with Crippen LogP contribution in [0.3, 0.4) is 0 Å². The summed E-state index contributed by atoms with van der Waals surface area (Å²) in [6.45, 7) is 2.29. The Labute approximate surface area is 162 Å². The zero-order chi connectivity index (χ0) is 20.1. The van der Waals surface area contributed by atoms with Gasteiger partial charge in [0.15, 0.2) is 11.5 Å². The van der Waals surface area contributed by atoms with Crippen LogP contribution in [0, 0.1) is 0 Å². The number of esters is 1. The third-order valence-electron chi connectivity index (χ3n) is 5.68. The fraction of sp³-hybridized carbons (Fsp3) is 0.429. The first kappa shape index (κ1) is 18.4. The van der Waals surface area contributed by atoms with Crippen molar-refractivity contribution in [1.29, 1.82) is 0 Å². The molecule has 0 radical (unpaired) electrons. The van der Waals surface area contributed by atoms with Crippen LogP contribution in [0.5, 0.6) is 17.2 Å². The lowest BCUT2D eigenvalue weighted by molar-refractivity contribution is -0.147. The Balaban J connectivity index is 1.81. The number of methoxy groups -OCH3 is 2. The highest BCUT2D eigenvalue weighted by Crippen LogP contribution is 2.52. The Bertz CT molecular complexity index is 923. The minimum absolute atomic E-state index is 0.274. The van der Waals surface area contributed by atoms with Gasteiger partial charge in [-0.2, -0.15) is 0 Å². The number of aliphatic carboxylic acids is 1. The average molecular weight is 386 g/mol. The van der Waals surface area contributed by atoms with Crippen LogP contribution < -0.4 is 14.2 Å². The molecule has 0 aromatic heterocycles. The molecule has 3 aliphatic rings. The van der Waals surface area contributed by atoms with Crippen LogP contribution >= 0.6 is 0 Å². The maximum atomic E-state index is 11.8. The highest BCUT2D eigenvalue weighted by Gasteiger charge is 2.55. The molecule has 0 saturated heterocycles. The molecular formula is C21H22O7. The lowest BCUT2D eigenvalue weighted by Gasteiger charge is -2.33. The van der Waals surface area contributed by atoms with Gasteiger partial charge in [0.2, 0.25) is 11.4 Å². The Morgan fingerprint density at radius 2 is 1.93 bits per heavy atom. The van der Waals surface area contributed by atoms with E-state index in [4.69, 9.17) is 18.9 Å². The molecule has 148 valence electrons. The molecule has 7 nitrogen and oxygen atoms in total. The monoisotopic (exact) mass is 386 g/mol. The molecular weight excluding hydrogens is 364 g/mol. The van der Waals surface area contributed by atoms with Crippen LogP contribution in [0.25, 0.3) is 0 Å². The van der Waals surface area contributed by atoms with E-state index in [1.807, 2.05) is 19.1 Å². The van der Waals surface area contributed by atoms with E-state index < -0.39 is 17.0 Å². The van der Waals surface area contributed by atoms with E-state index >= 15 is 0 Å². The first-order chi connectivity index (χ1) is 13.3. The van der Waals surface area contributed by atoms with Crippen LogP contribution in [0.1, 0.15) is 31.7 Å². The predicted octanol–water partition coefficient (Wildman–Crippen LogP) is 2.77. The average Bonchev–Trinajstić information content (AvgIpc) is 3.38. The molecule has 1 aromatic carbocycles. The van der Waals surface area contributed by atoms with Crippen LogP contribution in [0.15, 0.2) is 35.4 Å². The molecule has 1 unspecified atom stereocenters. The number of rotatable bonds is 6. The highest BCUT2D eigenvalue weighted by atomic mass is 16.6. The molecule has 1 N–H and O–H groups in total. The second-order valence-corrected chi connectivity index (χ2v) is 7.60. The van der Waals surface area contributed by atoms with Gasteiger partial charge in [-0.1, -0.05) is 25.1 Å². The number of ether oxygens (including phenoxy) is 4. The third-order valence-corrected chi connectivity index (χ3v) is 5.68. The topological polar surface area (TPSA) is 91.3 Å². The number of hydrogen-bond donors (Lipinski definition) is 1. The van der Waals surface area contributed by atoms with Gasteiger partial charge >= 0.3 is 11.9 Å². The van der Waals surface area contributed by atoms with Crippen LogP contribution in [-0.4, -0.2) is 43.5 Å². The van der Waals surface area contributed by atoms with E-state index in [1.54, 1.807) is 12.1 Å². The van der Waals surface area contributed by atoms with Crippen molar-refractivity contribution < 1.29 is 33.6 Å². The molecule has 1 heterocycles. The summed E-state index contributed by atoms with van der Waals surface area (Å²) in [4.78, 5) is 23.5. The molecule has 0 spiro atoms. The molecule has 2 aliphatic carbocycles. The van der Waals surface area contributed by atoms with Gasteiger partial charge < -0.3 is 24.1 Å². The quantitative estimate of drug-likeness (QED) is 0.752. The number of cyclic esters (lactones) is 1. The standard InChI is InChI=1S/C21H22O7/c1-20(7-6-13-12(10-20)11-27-18(13)22)14-4-5-15(25-2)17(26-3)16(14)28-21(8-9-21)19(23)24/h4-7H,8-11H2,1-3H3,(H,23,24). The summed E-state index contributed by atoms with van der Waals surface area (Å²) < 4.78 is 22.1. The minimum Gasteiger partial charge on any atom is -0.493 e. The lowest BCUT2D eigenvalue weighted by atomic mass is 9.73. The van der Waals surface area contributed by atoms with E-state index in [0.29, 0.717) is 42.1 Å². The van der Waals surface area contributed by atoms with Crippen molar-refractivity contribution in [1.82, 2.24) is 0 Å². The molecule has 4 rings (SSSR count). The maximum absolute atomic E-state index is 11.8. The largest absolute Gasteiger partial charge is 0.493 e. The van der Waals surface area contributed by atoms with Gasteiger partial charge in [0.1, 0.15) is 6.61 Å². The van der Waals surface area contributed by atoms with Crippen molar-refractivity contribution in [3.63, 3.8) is 0 Å². The summed E-state index contributed by atoms with van der Waals surface area (Å²) in [5.41, 5.74) is 0.551. The predicted molar refractivity (Wildman–Crippen MR) is 98.9 cm³/mol. The number of hydrogen-bond acceptors (Lipinski definition) is 6. The first-order valence-corrected chi connectivity index (χ1v) is 9.10. The zero-order valence-corrected chi connectivity index (χ0v) is 16.0.